The lowest BCUT2D eigenvalue weighted by atomic mass is 10.1. The average molecular weight is 380 g/mol. The van der Waals surface area contributed by atoms with Gasteiger partial charge in [0.2, 0.25) is 5.89 Å². The number of esters is 1. The predicted octanol–water partition coefficient (Wildman–Crippen LogP) is 3.82. The first kappa shape index (κ1) is 19.2. The first-order valence-electron chi connectivity index (χ1n) is 8.55. The Kier molecular flexibility index (Phi) is 6.06. The van der Waals surface area contributed by atoms with Gasteiger partial charge in [0.25, 0.3) is 5.89 Å². The maximum atomic E-state index is 12.0. The van der Waals surface area contributed by atoms with Crippen LogP contribution in [0.15, 0.2) is 53.0 Å². The van der Waals surface area contributed by atoms with Crippen molar-refractivity contribution in [1.29, 1.82) is 0 Å². The molecule has 7 heteroatoms. The normalized spacial score (nSPS) is 10.8. The molecule has 2 aromatic carbocycles. The number of methoxy groups -OCH3 is 2. The Morgan fingerprint density at radius 3 is 2.71 bits per heavy atom. The van der Waals surface area contributed by atoms with Crippen LogP contribution in [0.3, 0.4) is 0 Å². The molecule has 0 amide bonds. The molecule has 3 aromatic rings. The van der Waals surface area contributed by atoms with Crippen LogP contribution in [0.25, 0.3) is 17.5 Å². The third-order valence-electron chi connectivity index (χ3n) is 3.91. The zero-order valence-electron chi connectivity index (χ0n) is 15.8. The molecule has 0 aliphatic heterocycles. The fourth-order valence-electron chi connectivity index (χ4n) is 2.50. The van der Waals surface area contributed by atoms with Gasteiger partial charge in [-0.05, 0) is 37.3 Å². The maximum absolute atomic E-state index is 12.0. The van der Waals surface area contributed by atoms with Crippen LogP contribution in [-0.2, 0) is 16.1 Å². The summed E-state index contributed by atoms with van der Waals surface area (Å²) in [6, 6.07) is 13.0. The Labute approximate surface area is 162 Å². The molecule has 144 valence electrons. The highest BCUT2D eigenvalue weighted by atomic mass is 16.5. The topological polar surface area (TPSA) is 83.7 Å². The number of nitrogens with zero attached hydrogens (tertiary/aromatic N) is 2. The highest BCUT2D eigenvalue weighted by Gasteiger charge is 2.10. The number of ether oxygens (including phenoxy) is 3. The minimum Gasteiger partial charge on any atom is -0.497 e. The largest absolute Gasteiger partial charge is 0.497 e. The monoisotopic (exact) mass is 380 g/mol. The summed E-state index contributed by atoms with van der Waals surface area (Å²) in [5, 5.41) is 7.89. The Morgan fingerprint density at radius 1 is 1.11 bits per heavy atom. The summed E-state index contributed by atoms with van der Waals surface area (Å²) in [4.78, 5) is 12.0. The zero-order valence-corrected chi connectivity index (χ0v) is 15.8. The smallest absolute Gasteiger partial charge is 0.331 e. The molecule has 0 spiro atoms. The number of aryl methyl sites for hydroxylation is 1. The van der Waals surface area contributed by atoms with Crippen molar-refractivity contribution < 1.29 is 23.4 Å². The summed E-state index contributed by atoms with van der Waals surface area (Å²) in [5.41, 5.74) is 2.62. The second kappa shape index (κ2) is 8.85. The van der Waals surface area contributed by atoms with E-state index in [2.05, 4.69) is 10.2 Å². The van der Waals surface area contributed by atoms with Crippen molar-refractivity contribution in [3.63, 3.8) is 0 Å². The SMILES string of the molecule is COc1ccc(/C=C/C(=O)OCc2nnc(-c3cccc(C)c3)o2)c(OC)c1. The minimum absolute atomic E-state index is 0.109. The number of benzene rings is 2. The van der Waals surface area contributed by atoms with Gasteiger partial charge in [-0.15, -0.1) is 10.2 Å². The number of aromatic nitrogens is 2. The first-order valence-corrected chi connectivity index (χ1v) is 8.55. The molecule has 0 N–H and O–H groups in total. The first-order chi connectivity index (χ1) is 13.6. The number of hydrogen-bond acceptors (Lipinski definition) is 7. The molecule has 1 heterocycles. The van der Waals surface area contributed by atoms with Gasteiger partial charge >= 0.3 is 5.97 Å². The van der Waals surface area contributed by atoms with Gasteiger partial charge in [-0.2, -0.15) is 0 Å². The van der Waals surface area contributed by atoms with Crippen molar-refractivity contribution in [3.8, 4) is 23.0 Å². The van der Waals surface area contributed by atoms with Crippen LogP contribution in [0.2, 0.25) is 0 Å². The van der Waals surface area contributed by atoms with E-state index in [1.165, 1.54) is 6.08 Å². The van der Waals surface area contributed by atoms with E-state index < -0.39 is 5.97 Å². The van der Waals surface area contributed by atoms with Crippen molar-refractivity contribution in [3.05, 3.63) is 65.6 Å². The van der Waals surface area contributed by atoms with E-state index in [0.29, 0.717) is 17.4 Å². The second-order valence-electron chi connectivity index (χ2n) is 5.92. The second-order valence-corrected chi connectivity index (χ2v) is 5.92. The van der Waals surface area contributed by atoms with E-state index >= 15 is 0 Å². The van der Waals surface area contributed by atoms with Gasteiger partial charge in [-0.25, -0.2) is 4.79 Å². The van der Waals surface area contributed by atoms with Gasteiger partial charge in [0.05, 0.1) is 14.2 Å². The summed E-state index contributed by atoms with van der Waals surface area (Å²) in [5.74, 6) is 1.32. The lowest BCUT2D eigenvalue weighted by Gasteiger charge is -2.07. The van der Waals surface area contributed by atoms with Gasteiger partial charge in [-0.3, -0.25) is 0 Å². The van der Waals surface area contributed by atoms with Crippen molar-refractivity contribution in [1.82, 2.24) is 10.2 Å². The minimum atomic E-state index is -0.534. The summed E-state index contributed by atoms with van der Waals surface area (Å²) in [7, 11) is 3.12. The Morgan fingerprint density at radius 2 is 1.96 bits per heavy atom. The van der Waals surface area contributed by atoms with Crippen LogP contribution in [0, 0.1) is 6.92 Å². The maximum Gasteiger partial charge on any atom is 0.331 e. The van der Waals surface area contributed by atoms with Crippen LogP contribution in [0.4, 0.5) is 0 Å². The summed E-state index contributed by atoms with van der Waals surface area (Å²) in [6.07, 6.45) is 2.91. The van der Waals surface area contributed by atoms with Crippen molar-refractivity contribution in [2.24, 2.45) is 0 Å². The molecule has 0 saturated carbocycles. The van der Waals surface area contributed by atoms with Crippen molar-refractivity contribution in [2.45, 2.75) is 13.5 Å². The summed E-state index contributed by atoms with van der Waals surface area (Å²) in [6.45, 7) is 1.87. The van der Waals surface area contributed by atoms with Gasteiger partial charge in [0, 0.05) is 23.3 Å². The molecule has 7 nitrogen and oxygen atoms in total. The lowest BCUT2D eigenvalue weighted by Crippen LogP contribution is -2.01. The summed E-state index contributed by atoms with van der Waals surface area (Å²) < 4.78 is 21.1. The standard InChI is InChI=1S/C21H20N2O5/c1-14-5-4-6-16(11-14)21-23-22-19(28-21)13-27-20(24)10-8-15-7-9-17(25-2)12-18(15)26-3/h4-12H,13H2,1-3H3/b10-8+. The summed E-state index contributed by atoms with van der Waals surface area (Å²) >= 11 is 0. The molecule has 3 rings (SSSR count). The highest BCUT2D eigenvalue weighted by Crippen LogP contribution is 2.25. The van der Waals surface area contributed by atoms with Gasteiger partial charge in [0.1, 0.15) is 11.5 Å². The fourth-order valence-corrected chi connectivity index (χ4v) is 2.50. The quantitative estimate of drug-likeness (QED) is 0.455. The van der Waals surface area contributed by atoms with Gasteiger partial charge in [-0.1, -0.05) is 17.7 Å². The van der Waals surface area contributed by atoms with E-state index in [-0.39, 0.29) is 12.5 Å². The van der Waals surface area contributed by atoms with Crippen LogP contribution in [-0.4, -0.2) is 30.4 Å². The average Bonchev–Trinajstić information content (AvgIpc) is 3.19. The molecule has 1 aromatic heterocycles. The molecule has 0 fully saturated rings. The molecule has 0 saturated heterocycles. The molecular formula is C21H20N2O5. The van der Waals surface area contributed by atoms with E-state index in [0.717, 1.165) is 16.7 Å². The van der Waals surface area contributed by atoms with Gasteiger partial charge < -0.3 is 18.6 Å². The van der Waals surface area contributed by atoms with Crippen LogP contribution in [0.5, 0.6) is 11.5 Å². The molecule has 0 atom stereocenters. The number of carbonyl (C=O) groups excluding carboxylic acids is 1. The molecule has 28 heavy (non-hydrogen) atoms. The van der Waals surface area contributed by atoms with Crippen LogP contribution < -0.4 is 9.47 Å². The third-order valence-corrected chi connectivity index (χ3v) is 3.91. The lowest BCUT2D eigenvalue weighted by molar-refractivity contribution is -0.139. The number of carbonyl (C=O) groups is 1. The van der Waals surface area contributed by atoms with E-state index in [4.69, 9.17) is 18.6 Å². The molecule has 0 aliphatic rings. The van der Waals surface area contributed by atoms with Gasteiger partial charge in [0.15, 0.2) is 6.61 Å². The highest BCUT2D eigenvalue weighted by molar-refractivity contribution is 5.87. The number of hydrogen-bond donors (Lipinski definition) is 0. The predicted molar refractivity (Wildman–Crippen MR) is 103 cm³/mol. The Bertz CT molecular complexity index is 994. The van der Waals surface area contributed by atoms with E-state index in [1.807, 2.05) is 31.2 Å². The number of rotatable bonds is 7. The molecule has 0 unspecified atom stereocenters. The third kappa shape index (κ3) is 4.76. The molecule has 0 bridgehead atoms. The Balaban J connectivity index is 1.60. The van der Waals surface area contributed by atoms with Crippen LogP contribution >= 0.6 is 0 Å². The molecule has 0 radical (unpaired) electrons. The molecule has 0 aliphatic carbocycles. The molecular weight excluding hydrogens is 360 g/mol. The Hall–Kier alpha value is -3.61. The van der Waals surface area contributed by atoms with E-state index in [1.54, 1.807) is 38.5 Å². The van der Waals surface area contributed by atoms with E-state index in [9.17, 15) is 4.79 Å². The fraction of sp³-hybridized carbons (Fsp3) is 0.190. The van der Waals surface area contributed by atoms with Crippen molar-refractivity contribution >= 4 is 12.0 Å². The zero-order chi connectivity index (χ0) is 19.9. The van der Waals surface area contributed by atoms with Crippen molar-refractivity contribution in [2.75, 3.05) is 14.2 Å². The van der Waals surface area contributed by atoms with Crippen LogP contribution in [0.1, 0.15) is 17.0 Å².